The van der Waals surface area contributed by atoms with Gasteiger partial charge in [0, 0.05) is 70.9 Å². The van der Waals surface area contributed by atoms with Gasteiger partial charge in [-0.05, 0) is 108 Å². The standard InChI is InChI=1S/C74H43N7/c75-44-46-36-38-47(39-37-46)48-42-65(80-59-31-15-10-26-52(59)53-40-41-64-67(71(53)80)54-27-11-16-32-60(54)77(64)49-20-4-1-5-21-49)58(45-76)66(43-48)81-63-35-19-14-30-57(63)70-73-68(55-28-12-17-33-61(55)78(73)50-22-6-2-7-23-50)72-69(74(70)81)56-29-13-18-34-62(56)79(72)51-24-8-3-9-25-51/h1-43H. The van der Waals surface area contributed by atoms with Crippen LogP contribution >= 0.6 is 0 Å². The Morgan fingerprint density at radius 2 is 0.617 bits per heavy atom. The highest BCUT2D eigenvalue weighted by Crippen LogP contribution is 2.52. The molecule has 0 fully saturated rings. The molecule has 0 aliphatic rings. The second kappa shape index (κ2) is 17.1. The lowest BCUT2D eigenvalue weighted by molar-refractivity contribution is 1.12. The van der Waals surface area contributed by atoms with Gasteiger partial charge >= 0.3 is 0 Å². The van der Waals surface area contributed by atoms with Crippen LogP contribution < -0.4 is 0 Å². The third kappa shape index (κ3) is 6.15. The topological polar surface area (TPSA) is 72.2 Å². The Morgan fingerprint density at radius 3 is 1.09 bits per heavy atom. The van der Waals surface area contributed by atoms with Gasteiger partial charge in [-0.15, -0.1) is 0 Å². The number of nitrogens with zero attached hydrogens (tertiary/aromatic N) is 7. The number of hydrogen-bond donors (Lipinski definition) is 0. The molecule has 5 heterocycles. The van der Waals surface area contributed by atoms with Crippen LogP contribution in [0.15, 0.2) is 261 Å². The number of hydrogen-bond acceptors (Lipinski definition) is 2. The first-order valence-corrected chi connectivity index (χ1v) is 27.3. The van der Waals surface area contributed by atoms with Crippen molar-refractivity contribution in [1.29, 1.82) is 10.5 Å². The predicted molar refractivity (Wildman–Crippen MR) is 333 cm³/mol. The van der Waals surface area contributed by atoms with Crippen LogP contribution in [0.4, 0.5) is 0 Å². The summed E-state index contributed by atoms with van der Waals surface area (Å²) < 4.78 is 12.0. The normalized spacial score (nSPS) is 11.9. The Morgan fingerprint density at radius 1 is 0.247 bits per heavy atom. The summed E-state index contributed by atoms with van der Waals surface area (Å²) in [5, 5.41) is 33.6. The van der Waals surface area contributed by atoms with Gasteiger partial charge in [0.05, 0.1) is 78.2 Å². The van der Waals surface area contributed by atoms with Crippen molar-refractivity contribution in [2.24, 2.45) is 0 Å². The van der Waals surface area contributed by atoms with Crippen LogP contribution in [-0.4, -0.2) is 22.8 Å². The second-order valence-corrected chi connectivity index (χ2v) is 21.0. The molecule has 0 N–H and O–H groups in total. The molecule has 5 aromatic heterocycles. The molecule has 0 spiro atoms. The van der Waals surface area contributed by atoms with E-state index in [1.165, 1.54) is 0 Å². The summed E-state index contributed by atoms with van der Waals surface area (Å²) in [5.74, 6) is 0. The molecule has 374 valence electrons. The Labute approximate surface area is 463 Å². The first-order valence-electron chi connectivity index (χ1n) is 27.3. The Bertz CT molecular complexity index is 5510. The lowest BCUT2D eigenvalue weighted by Crippen LogP contribution is -2.06. The van der Waals surface area contributed by atoms with E-state index in [4.69, 9.17) is 0 Å². The van der Waals surface area contributed by atoms with Gasteiger partial charge in [0.15, 0.2) is 0 Å². The van der Waals surface area contributed by atoms with Crippen LogP contribution in [-0.2, 0) is 0 Å². The molecule has 0 atom stereocenters. The van der Waals surface area contributed by atoms with Gasteiger partial charge in [-0.2, -0.15) is 10.5 Å². The molecule has 0 saturated heterocycles. The number of benzene rings is 12. The van der Waals surface area contributed by atoms with Crippen molar-refractivity contribution >= 4 is 109 Å². The van der Waals surface area contributed by atoms with Crippen molar-refractivity contribution in [1.82, 2.24) is 22.8 Å². The van der Waals surface area contributed by atoms with Crippen LogP contribution in [0.5, 0.6) is 0 Å². The molecule has 0 bridgehead atoms. The Balaban J connectivity index is 1.12. The molecular weight excluding hydrogens is 987 g/mol. The zero-order chi connectivity index (χ0) is 53.4. The Kier molecular flexibility index (Phi) is 9.42. The van der Waals surface area contributed by atoms with E-state index in [9.17, 15) is 10.5 Å². The molecule has 0 amide bonds. The lowest BCUT2D eigenvalue weighted by Gasteiger charge is -2.19. The monoisotopic (exact) mass is 1030 g/mol. The largest absolute Gasteiger partial charge is 0.309 e. The predicted octanol–water partition coefficient (Wildman–Crippen LogP) is 18.6. The maximum Gasteiger partial charge on any atom is 0.104 e. The average molecular weight is 1030 g/mol. The van der Waals surface area contributed by atoms with Gasteiger partial charge < -0.3 is 22.8 Å². The molecule has 81 heavy (non-hydrogen) atoms. The highest BCUT2D eigenvalue weighted by Gasteiger charge is 2.31. The van der Waals surface area contributed by atoms with E-state index in [0.29, 0.717) is 11.1 Å². The van der Waals surface area contributed by atoms with Crippen molar-refractivity contribution < 1.29 is 0 Å². The summed E-state index contributed by atoms with van der Waals surface area (Å²) in [7, 11) is 0. The van der Waals surface area contributed by atoms with Crippen molar-refractivity contribution in [2.75, 3.05) is 0 Å². The maximum absolute atomic E-state index is 12.4. The summed E-state index contributed by atoms with van der Waals surface area (Å²) in [5.41, 5.74) is 18.1. The minimum atomic E-state index is 0.519. The van der Waals surface area contributed by atoms with Gasteiger partial charge in [-0.1, -0.05) is 164 Å². The van der Waals surface area contributed by atoms with E-state index < -0.39 is 0 Å². The summed E-state index contributed by atoms with van der Waals surface area (Å²) >= 11 is 0. The number of aromatic nitrogens is 5. The van der Waals surface area contributed by atoms with E-state index in [2.05, 4.69) is 272 Å². The third-order valence-electron chi connectivity index (χ3n) is 16.9. The molecular formula is C74H43N7. The molecule has 0 saturated carbocycles. The first-order chi connectivity index (χ1) is 40.2. The van der Waals surface area contributed by atoms with Crippen molar-refractivity contribution in [2.45, 2.75) is 0 Å². The lowest BCUT2D eigenvalue weighted by atomic mass is 9.98. The van der Waals surface area contributed by atoms with Gasteiger partial charge in [-0.3, -0.25) is 0 Å². The Hall–Kier alpha value is -11.4. The fourth-order valence-corrected chi connectivity index (χ4v) is 13.7. The van der Waals surface area contributed by atoms with Gasteiger partial charge in [0.25, 0.3) is 0 Å². The highest BCUT2D eigenvalue weighted by atomic mass is 15.1. The zero-order valence-corrected chi connectivity index (χ0v) is 43.5. The van der Waals surface area contributed by atoms with Gasteiger partial charge in [-0.25, -0.2) is 0 Å². The quantitative estimate of drug-likeness (QED) is 0.166. The molecule has 12 aromatic carbocycles. The molecule has 7 nitrogen and oxygen atoms in total. The molecule has 17 rings (SSSR count). The molecule has 17 aromatic rings. The van der Waals surface area contributed by atoms with Crippen molar-refractivity contribution in [3.8, 4) is 51.7 Å². The van der Waals surface area contributed by atoms with Crippen LogP contribution in [0.2, 0.25) is 0 Å². The summed E-state index contributed by atoms with van der Waals surface area (Å²) in [6, 6.07) is 97.7. The van der Waals surface area contributed by atoms with E-state index in [0.717, 1.165) is 149 Å². The maximum atomic E-state index is 12.4. The SMILES string of the molecule is N#Cc1ccc(-c2cc(-n3c4ccccc4c4ccc5c(c6ccccc6n5-c5ccccc5)c43)c(C#N)c(-n3c4ccccc4c4c5c(c6ccccc6n5-c5ccccc5)c5c(c6ccccc6n5-c5ccccc5)c43)c2)cc1. The van der Waals surface area contributed by atoms with Crippen molar-refractivity contribution in [3.05, 3.63) is 272 Å². The molecule has 0 aliphatic heterocycles. The summed E-state index contributed by atoms with van der Waals surface area (Å²) in [6.45, 7) is 0. The summed E-state index contributed by atoms with van der Waals surface area (Å²) in [4.78, 5) is 0. The smallest absolute Gasteiger partial charge is 0.104 e. The van der Waals surface area contributed by atoms with Crippen LogP contribution in [0, 0.1) is 22.7 Å². The van der Waals surface area contributed by atoms with Gasteiger partial charge in [0.2, 0.25) is 0 Å². The van der Waals surface area contributed by atoms with Crippen LogP contribution in [0.25, 0.3) is 149 Å². The minimum Gasteiger partial charge on any atom is -0.309 e. The molecule has 0 radical (unpaired) electrons. The first kappa shape index (κ1) is 44.7. The fourth-order valence-electron chi connectivity index (χ4n) is 13.7. The summed E-state index contributed by atoms with van der Waals surface area (Å²) in [6.07, 6.45) is 0. The number of para-hydroxylation sites is 8. The number of nitriles is 2. The molecule has 0 unspecified atom stereocenters. The third-order valence-corrected chi connectivity index (χ3v) is 16.9. The van der Waals surface area contributed by atoms with Crippen LogP contribution in [0.3, 0.4) is 0 Å². The van der Waals surface area contributed by atoms with E-state index >= 15 is 0 Å². The highest BCUT2D eigenvalue weighted by molar-refractivity contribution is 6.40. The number of rotatable bonds is 6. The molecule has 0 aliphatic carbocycles. The van der Waals surface area contributed by atoms with Crippen molar-refractivity contribution in [3.63, 3.8) is 0 Å². The average Bonchev–Trinajstić information content (AvgIpc) is 2.50. The number of fused-ring (bicyclic) bond motifs is 19. The van der Waals surface area contributed by atoms with E-state index in [1.54, 1.807) is 0 Å². The van der Waals surface area contributed by atoms with E-state index in [-0.39, 0.29) is 0 Å². The second-order valence-electron chi connectivity index (χ2n) is 21.0. The molecule has 7 heteroatoms. The zero-order valence-electron chi connectivity index (χ0n) is 43.5. The van der Waals surface area contributed by atoms with E-state index in [1.807, 2.05) is 24.3 Å². The van der Waals surface area contributed by atoms with Gasteiger partial charge in [0.1, 0.15) is 11.6 Å². The fraction of sp³-hybridized carbons (Fsp3) is 0. The van der Waals surface area contributed by atoms with Crippen LogP contribution in [0.1, 0.15) is 11.1 Å². The minimum absolute atomic E-state index is 0.519.